The number of carbonyl (C=O) groups excluding carboxylic acids is 1. The Balaban J connectivity index is 1.64. The molecule has 0 spiro atoms. The number of methoxy groups -OCH3 is 1. The van der Waals surface area contributed by atoms with Crippen LogP contribution in [-0.2, 0) is 13.0 Å². The normalized spacial score (nSPS) is 14.3. The van der Waals surface area contributed by atoms with Crippen molar-refractivity contribution in [2.45, 2.75) is 39.3 Å². The van der Waals surface area contributed by atoms with E-state index in [9.17, 15) is 4.79 Å². The lowest BCUT2D eigenvalue weighted by molar-refractivity contribution is 0.0826. The number of amides is 1. The SMILES string of the molecule is CCOc1cc(C(=O)NCC(C)(C)N2CCc3ccccc3C2)ccc1OC. The highest BCUT2D eigenvalue weighted by Gasteiger charge is 2.30. The van der Waals surface area contributed by atoms with Crippen molar-refractivity contribution in [2.75, 3.05) is 26.8 Å². The molecule has 0 saturated heterocycles. The molecule has 150 valence electrons. The van der Waals surface area contributed by atoms with Gasteiger partial charge in [-0.25, -0.2) is 0 Å². The summed E-state index contributed by atoms with van der Waals surface area (Å²) in [5.74, 6) is 1.12. The van der Waals surface area contributed by atoms with Crippen LogP contribution >= 0.6 is 0 Å². The second-order valence-corrected chi connectivity index (χ2v) is 7.73. The average Bonchev–Trinajstić information content (AvgIpc) is 2.72. The molecule has 0 bridgehead atoms. The van der Waals surface area contributed by atoms with Gasteiger partial charge in [-0.05, 0) is 56.5 Å². The van der Waals surface area contributed by atoms with E-state index in [1.165, 1.54) is 11.1 Å². The molecule has 2 aromatic rings. The maximum atomic E-state index is 12.7. The van der Waals surface area contributed by atoms with Crippen molar-refractivity contribution < 1.29 is 14.3 Å². The van der Waals surface area contributed by atoms with Crippen molar-refractivity contribution in [3.8, 4) is 11.5 Å². The van der Waals surface area contributed by atoms with Crippen LogP contribution in [0.2, 0.25) is 0 Å². The molecule has 1 heterocycles. The van der Waals surface area contributed by atoms with Gasteiger partial charge in [0, 0.05) is 30.7 Å². The minimum Gasteiger partial charge on any atom is -0.493 e. The van der Waals surface area contributed by atoms with Crippen LogP contribution in [-0.4, -0.2) is 43.2 Å². The summed E-state index contributed by atoms with van der Waals surface area (Å²) in [6.07, 6.45) is 1.05. The van der Waals surface area contributed by atoms with Gasteiger partial charge in [0.1, 0.15) is 0 Å². The topological polar surface area (TPSA) is 50.8 Å². The van der Waals surface area contributed by atoms with Crippen molar-refractivity contribution in [3.63, 3.8) is 0 Å². The van der Waals surface area contributed by atoms with Crippen molar-refractivity contribution in [1.82, 2.24) is 10.2 Å². The maximum Gasteiger partial charge on any atom is 0.251 e. The Morgan fingerprint density at radius 2 is 1.89 bits per heavy atom. The number of nitrogens with one attached hydrogen (secondary N) is 1. The number of carbonyl (C=O) groups is 1. The molecule has 1 aliphatic rings. The Morgan fingerprint density at radius 1 is 1.14 bits per heavy atom. The first-order valence-corrected chi connectivity index (χ1v) is 9.85. The zero-order valence-corrected chi connectivity index (χ0v) is 17.2. The molecule has 0 atom stereocenters. The predicted octanol–water partition coefficient (Wildman–Crippen LogP) is 3.66. The molecule has 1 aliphatic heterocycles. The molecule has 28 heavy (non-hydrogen) atoms. The number of nitrogens with zero attached hydrogens (tertiary/aromatic N) is 1. The van der Waals surface area contributed by atoms with Crippen LogP contribution < -0.4 is 14.8 Å². The zero-order valence-electron chi connectivity index (χ0n) is 17.2. The van der Waals surface area contributed by atoms with Gasteiger partial charge in [0.25, 0.3) is 5.91 Å². The lowest BCUT2D eigenvalue weighted by Gasteiger charge is -2.41. The molecule has 1 N–H and O–H groups in total. The van der Waals surface area contributed by atoms with Gasteiger partial charge in [0.2, 0.25) is 0 Å². The third-order valence-corrected chi connectivity index (χ3v) is 5.39. The molecule has 0 aliphatic carbocycles. The van der Waals surface area contributed by atoms with E-state index in [4.69, 9.17) is 9.47 Å². The van der Waals surface area contributed by atoms with Gasteiger partial charge in [0.15, 0.2) is 11.5 Å². The summed E-state index contributed by atoms with van der Waals surface area (Å²) in [6.45, 7) is 9.27. The molecular weight excluding hydrogens is 352 g/mol. The summed E-state index contributed by atoms with van der Waals surface area (Å²) in [6, 6.07) is 13.9. The molecule has 0 unspecified atom stereocenters. The van der Waals surface area contributed by atoms with Crippen LogP contribution in [0, 0.1) is 0 Å². The number of hydrogen-bond acceptors (Lipinski definition) is 4. The third kappa shape index (κ3) is 4.47. The fourth-order valence-corrected chi connectivity index (χ4v) is 3.61. The van der Waals surface area contributed by atoms with Crippen molar-refractivity contribution in [1.29, 1.82) is 0 Å². The minimum atomic E-state index is -0.140. The number of hydrogen-bond donors (Lipinski definition) is 1. The van der Waals surface area contributed by atoms with Gasteiger partial charge in [-0.15, -0.1) is 0 Å². The quantitative estimate of drug-likeness (QED) is 0.794. The molecule has 0 fully saturated rings. The highest BCUT2D eigenvalue weighted by atomic mass is 16.5. The molecule has 0 saturated carbocycles. The zero-order chi connectivity index (χ0) is 20.1. The van der Waals surface area contributed by atoms with E-state index in [-0.39, 0.29) is 11.4 Å². The lowest BCUT2D eigenvalue weighted by atomic mass is 9.94. The summed E-state index contributed by atoms with van der Waals surface area (Å²) in [5, 5.41) is 3.09. The first-order valence-electron chi connectivity index (χ1n) is 9.85. The van der Waals surface area contributed by atoms with Gasteiger partial charge in [-0.3, -0.25) is 9.69 Å². The number of fused-ring (bicyclic) bond motifs is 1. The fraction of sp³-hybridized carbons (Fsp3) is 0.435. The van der Waals surface area contributed by atoms with Gasteiger partial charge < -0.3 is 14.8 Å². The molecule has 0 radical (unpaired) electrons. The third-order valence-electron chi connectivity index (χ3n) is 5.39. The van der Waals surface area contributed by atoms with Gasteiger partial charge in [-0.1, -0.05) is 24.3 Å². The second-order valence-electron chi connectivity index (χ2n) is 7.73. The summed E-state index contributed by atoms with van der Waals surface area (Å²) < 4.78 is 10.9. The van der Waals surface area contributed by atoms with Crippen LogP contribution in [0.3, 0.4) is 0 Å². The van der Waals surface area contributed by atoms with Crippen LogP contribution in [0.4, 0.5) is 0 Å². The molecule has 0 aromatic heterocycles. The van der Waals surface area contributed by atoms with Gasteiger partial charge >= 0.3 is 0 Å². The monoisotopic (exact) mass is 382 g/mol. The smallest absolute Gasteiger partial charge is 0.251 e. The maximum absolute atomic E-state index is 12.7. The van der Waals surface area contributed by atoms with Gasteiger partial charge in [0.05, 0.1) is 13.7 Å². The number of ether oxygens (including phenoxy) is 2. The number of benzene rings is 2. The molecular formula is C23H30N2O3. The van der Waals surface area contributed by atoms with Crippen LogP contribution in [0.25, 0.3) is 0 Å². The fourth-order valence-electron chi connectivity index (χ4n) is 3.61. The largest absolute Gasteiger partial charge is 0.493 e. The highest BCUT2D eigenvalue weighted by molar-refractivity contribution is 5.94. The average molecular weight is 383 g/mol. The molecule has 5 heteroatoms. The Morgan fingerprint density at radius 3 is 2.61 bits per heavy atom. The van der Waals surface area contributed by atoms with E-state index in [0.717, 1.165) is 19.5 Å². The summed E-state index contributed by atoms with van der Waals surface area (Å²) in [5.41, 5.74) is 3.24. The Kier molecular flexibility index (Phi) is 6.25. The first kappa shape index (κ1) is 20.2. The molecule has 2 aromatic carbocycles. The Labute approximate surface area is 167 Å². The van der Waals surface area contributed by atoms with E-state index in [2.05, 4.69) is 48.3 Å². The van der Waals surface area contributed by atoms with E-state index in [1.54, 1.807) is 25.3 Å². The summed E-state index contributed by atoms with van der Waals surface area (Å²) >= 11 is 0. The summed E-state index contributed by atoms with van der Waals surface area (Å²) in [4.78, 5) is 15.1. The minimum absolute atomic E-state index is 0.103. The Bertz CT molecular complexity index is 832. The standard InChI is InChI=1S/C23H30N2O3/c1-5-28-21-14-18(10-11-20(21)27-4)22(26)24-16-23(2,3)25-13-12-17-8-6-7-9-19(17)15-25/h6-11,14H,5,12-13,15-16H2,1-4H3,(H,24,26). The lowest BCUT2D eigenvalue weighted by Crippen LogP contribution is -2.53. The van der Waals surface area contributed by atoms with Crippen LogP contribution in [0.15, 0.2) is 42.5 Å². The molecule has 1 amide bonds. The van der Waals surface area contributed by atoms with E-state index >= 15 is 0 Å². The van der Waals surface area contributed by atoms with Crippen molar-refractivity contribution in [3.05, 3.63) is 59.2 Å². The highest BCUT2D eigenvalue weighted by Crippen LogP contribution is 2.28. The van der Waals surface area contributed by atoms with Gasteiger partial charge in [-0.2, -0.15) is 0 Å². The predicted molar refractivity (Wildman–Crippen MR) is 111 cm³/mol. The van der Waals surface area contributed by atoms with E-state index in [1.807, 2.05) is 6.92 Å². The molecule has 3 rings (SSSR count). The second kappa shape index (κ2) is 8.65. The Hall–Kier alpha value is -2.53. The number of rotatable bonds is 7. The van der Waals surface area contributed by atoms with E-state index < -0.39 is 0 Å². The van der Waals surface area contributed by atoms with E-state index in [0.29, 0.717) is 30.2 Å². The van der Waals surface area contributed by atoms with Crippen molar-refractivity contribution >= 4 is 5.91 Å². The first-order chi connectivity index (χ1) is 13.4. The van der Waals surface area contributed by atoms with Crippen molar-refractivity contribution in [2.24, 2.45) is 0 Å². The molecule has 5 nitrogen and oxygen atoms in total. The summed E-state index contributed by atoms with van der Waals surface area (Å²) in [7, 11) is 1.59. The van der Waals surface area contributed by atoms with Crippen LogP contribution in [0.5, 0.6) is 11.5 Å². The van der Waals surface area contributed by atoms with Crippen LogP contribution in [0.1, 0.15) is 42.3 Å².